The molecule has 6 nitrogen and oxygen atoms in total. The monoisotopic (exact) mass is 424 g/mol. The van der Waals surface area contributed by atoms with Gasteiger partial charge in [-0.1, -0.05) is 0 Å². The average molecular weight is 425 g/mol. The van der Waals surface area contributed by atoms with Gasteiger partial charge < -0.3 is 10.2 Å². The summed E-state index contributed by atoms with van der Waals surface area (Å²) in [7, 11) is 0. The standard InChI is InChI=1S/C22H21FN4O2S/c1-14-11-20(27(25-14)18-5-3-16(23)4-6-18)24-22(29)15-12-21(28)26(13-15)17-7-9-19(30-2)10-8-17/h3-11,15H,12-13H2,1-2H3,(H,24,29). The molecule has 0 bridgehead atoms. The highest BCUT2D eigenvalue weighted by molar-refractivity contribution is 7.98. The Morgan fingerprint density at radius 2 is 1.80 bits per heavy atom. The Kier molecular flexibility index (Phi) is 5.59. The van der Waals surface area contributed by atoms with Gasteiger partial charge in [0.1, 0.15) is 11.6 Å². The van der Waals surface area contributed by atoms with Crippen LogP contribution in [0.15, 0.2) is 59.5 Å². The van der Waals surface area contributed by atoms with Crippen molar-refractivity contribution in [3.8, 4) is 5.69 Å². The molecule has 0 radical (unpaired) electrons. The van der Waals surface area contributed by atoms with Crippen LogP contribution in [0, 0.1) is 18.7 Å². The third kappa shape index (κ3) is 4.09. The van der Waals surface area contributed by atoms with Gasteiger partial charge in [0.25, 0.3) is 0 Å². The van der Waals surface area contributed by atoms with Crippen LogP contribution in [-0.2, 0) is 9.59 Å². The van der Waals surface area contributed by atoms with Crippen LogP contribution in [0.3, 0.4) is 0 Å². The van der Waals surface area contributed by atoms with Gasteiger partial charge in [-0.3, -0.25) is 9.59 Å². The molecule has 1 aromatic heterocycles. The van der Waals surface area contributed by atoms with Crippen LogP contribution in [0.5, 0.6) is 0 Å². The van der Waals surface area contributed by atoms with Gasteiger partial charge in [-0.2, -0.15) is 5.10 Å². The molecule has 1 unspecified atom stereocenters. The molecular weight excluding hydrogens is 403 g/mol. The maximum Gasteiger partial charge on any atom is 0.230 e. The molecule has 1 N–H and O–H groups in total. The second kappa shape index (κ2) is 8.31. The number of carbonyl (C=O) groups is 2. The van der Waals surface area contributed by atoms with E-state index >= 15 is 0 Å². The summed E-state index contributed by atoms with van der Waals surface area (Å²) in [6.07, 6.45) is 2.15. The third-order valence-corrected chi connectivity index (χ3v) is 5.78. The zero-order valence-electron chi connectivity index (χ0n) is 16.6. The summed E-state index contributed by atoms with van der Waals surface area (Å²) in [6.45, 7) is 2.14. The first kappa shape index (κ1) is 20.2. The number of aryl methyl sites for hydroxylation is 1. The lowest BCUT2D eigenvalue weighted by Gasteiger charge is -2.17. The molecule has 2 aromatic carbocycles. The molecule has 1 atom stereocenters. The second-order valence-corrected chi connectivity index (χ2v) is 8.03. The molecule has 0 aliphatic carbocycles. The van der Waals surface area contributed by atoms with Crippen molar-refractivity contribution in [1.29, 1.82) is 0 Å². The molecule has 1 aliphatic rings. The van der Waals surface area contributed by atoms with Crippen LogP contribution in [0.1, 0.15) is 12.1 Å². The smallest absolute Gasteiger partial charge is 0.230 e. The highest BCUT2D eigenvalue weighted by Crippen LogP contribution is 2.28. The summed E-state index contributed by atoms with van der Waals surface area (Å²) < 4.78 is 14.8. The van der Waals surface area contributed by atoms with Crippen molar-refractivity contribution in [2.24, 2.45) is 5.92 Å². The summed E-state index contributed by atoms with van der Waals surface area (Å²) >= 11 is 1.63. The first-order valence-corrected chi connectivity index (χ1v) is 10.7. The van der Waals surface area contributed by atoms with E-state index in [2.05, 4.69) is 10.4 Å². The number of rotatable bonds is 5. The van der Waals surface area contributed by atoms with Crippen molar-refractivity contribution < 1.29 is 14.0 Å². The molecule has 2 amide bonds. The SMILES string of the molecule is CSc1ccc(N2CC(C(=O)Nc3cc(C)nn3-c3ccc(F)cc3)CC2=O)cc1. The zero-order chi connectivity index (χ0) is 21.3. The van der Waals surface area contributed by atoms with Crippen LogP contribution >= 0.6 is 11.8 Å². The van der Waals surface area contributed by atoms with E-state index in [4.69, 9.17) is 0 Å². The van der Waals surface area contributed by atoms with Crippen molar-refractivity contribution in [2.75, 3.05) is 23.0 Å². The molecule has 30 heavy (non-hydrogen) atoms. The van der Waals surface area contributed by atoms with E-state index in [-0.39, 0.29) is 24.1 Å². The van der Waals surface area contributed by atoms with Crippen molar-refractivity contribution in [1.82, 2.24) is 9.78 Å². The van der Waals surface area contributed by atoms with Crippen molar-refractivity contribution in [3.05, 3.63) is 66.1 Å². The Bertz CT molecular complexity index is 1080. The predicted octanol–water partition coefficient (Wildman–Crippen LogP) is 4.03. The fourth-order valence-corrected chi connectivity index (χ4v) is 3.90. The number of anilines is 2. The topological polar surface area (TPSA) is 67.2 Å². The molecule has 0 saturated carbocycles. The van der Waals surface area contributed by atoms with Gasteiger partial charge in [0.05, 0.1) is 17.3 Å². The van der Waals surface area contributed by atoms with Crippen molar-refractivity contribution in [2.45, 2.75) is 18.2 Å². The van der Waals surface area contributed by atoms with Gasteiger partial charge in [0, 0.05) is 29.6 Å². The van der Waals surface area contributed by atoms with E-state index in [0.717, 1.165) is 10.6 Å². The summed E-state index contributed by atoms with van der Waals surface area (Å²) in [5.41, 5.74) is 2.14. The molecule has 4 rings (SSSR count). The molecule has 0 spiro atoms. The van der Waals surface area contributed by atoms with E-state index in [1.807, 2.05) is 37.4 Å². The zero-order valence-corrected chi connectivity index (χ0v) is 17.4. The Morgan fingerprint density at radius 3 is 2.47 bits per heavy atom. The minimum absolute atomic E-state index is 0.0738. The number of benzene rings is 2. The molecule has 154 valence electrons. The lowest BCUT2D eigenvalue weighted by Crippen LogP contribution is -2.28. The minimum atomic E-state index is -0.463. The number of nitrogens with one attached hydrogen (secondary N) is 1. The normalized spacial score (nSPS) is 16.2. The van der Waals surface area contributed by atoms with Gasteiger partial charge in [-0.25, -0.2) is 9.07 Å². The van der Waals surface area contributed by atoms with E-state index < -0.39 is 5.92 Å². The van der Waals surface area contributed by atoms with Gasteiger partial charge >= 0.3 is 0 Å². The van der Waals surface area contributed by atoms with Crippen molar-refractivity contribution in [3.63, 3.8) is 0 Å². The maximum absolute atomic E-state index is 13.2. The number of hydrogen-bond donors (Lipinski definition) is 1. The molecule has 8 heteroatoms. The number of thioether (sulfide) groups is 1. The van der Waals surface area contributed by atoms with Gasteiger partial charge in [-0.05, 0) is 61.7 Å². The van der Waals surface area contributed by atoms with Crippen LogP contribution in [-0.4, -0.2) is 34.4 Å². The molecule has 1 saturated heterocycles. The Labute approximate surface area is 178 Å². The number of amides is 2. The number of nitrogens with zero attached hydrogens (tertiary/aromatic N) is 3. The van der Waals surface area contributed by atoms with E-state index in [9.17, 15) is 14.0 Å². The Morgan fingerprint density at radius 1 is 1.13 bits per heavy atom. The highest BCUT2D eigenvalue weighted by atomic mass is 32.2. The van der Waals surface area contributed by atoms with Crippen LogP contribution < -0.4 is 10.2 Å². The predicted molar refractivity (Wildman–Crippen MR) is 116 cm³/mol. The molecule has 2 heterocycles. The maximum atomic E-state index is 13.2. The lowest BCUT2D eigenvalue weighted by molar-refractivity contribution is -0.122. The quantitative estimate of drug-likeness (QED) is 0.628. The van der Waals surface area contributed by atoms with Crippen LogP contribution in [0.2, 0.25) is 0 Å². The second-order valence-electron chi connectivity index (χ2n) is 7.15. The van der Waals surface area contributed by atoms with Crippen LogP contribution in [0.4, 0.5) is 15.9 Å². The highest BCUT2D eigenvalue weighted by Gasteiger charge is 2.35. The molecular formula is C22H21FN4O2S. The average Bonchev–Trinajstić information content (AvgIpc) is 3.31. The van der Waals surface area contributed by atoms with Crippen LogP contribution in [0.25, 0.3) is 5.69 Å². The first-order chi connectivity index (χ1) is 14.4. The Hall–Kier alpha value is -3.13. The third-order valence-electron chi connectivity index (χ3n) is 5.03. The number of hydrogen-bond acceptors (Lipinski definition) is 4. The Balaban J connectivity index is 1.49. The first-order valence-electron chi connectivity index (χ1n) is 9.52. The summed E-state index contributed by atoms with van der Waals surface area (Å²) in [5, 5.41) is 7.27. The molecule has 1 aliphatic heterocycles. The summed E-state index contributed by atoms with van der Waals surface area (Å²) in [5.74, 6) is -0.637. The van der Waals surface area contributed by atoms with Gasteiger partial charge in [0.15, 0.2) is 0 Å². The largest absolute Gasteiger partial charge is 0.312 e. The van der Waals surface area contributed by atoms with E-state index in [0.29, 0.717) is 23.7 Å². The molecule has 3 aromatic rings. The number of carbonyl (C=O) groups excluding carboxylic acids is 2. The molecule has 1 fully saturated rings. The fourth-order valence-electron chi connectivity index (χ4n) is 3.49. The van der Waals surface area contributed by atoms with E-state index in [1.165, 1.54) is 12.1 Å². The summed E-state index contributed by atoms with van der Waals surface area (Å²) in [6, 6.07) is 15.3. The summed E-state index contributed by atoms with van der Waals surface area (Å²) in [4.78, 5) is 28.2. The minimum Gasteiger partial charge on any atom is -0.312 e. The van der Waals surface area contributed by atoms with Crippen molar-refractivity contribution >= 4 is 35.1 Å². The van der Waals surface area contributed by atoms with Gasteiger partial charge in [0.2, 0.25) is 11.8 Å². The number of aromatic nitrogens is 2. The fraction of sp³-hybridized carbons (Fsp3) is 0.227. The van der Waals surface area contributed by atoms with E-state index in [1.54, 1.807) is 39.5 Å². The van der Waals surface area contributed by atoms with Gasteiger partial charge in [-0.15, -0.1) is 11.8 Å². The lowest BCUT2D eigenvalue weighted by atomic mass is 10.1. The number of halogens is 1.